The first-order valence-corrected chi connectivity index (χ1v) is 6.73. The van der Waals surface area contributed by atoms with Gasteiger partial charge in [-0.15, -0.1) is 0 Å². The largest absolute Gasteiger partial charge is 0.383 e. The van der Waals surface area contributed by atoms with E-state index in [1.54, 1.807) is 0 Å². The number of rotatable bonds is 2. The molecular formula is C13H7BrCl2F2O. The van der Waals surface area contributed by atoms with Gasteiger partial charge in [0, 0.05) is 15.6 Å². The van der Waals surface area contributed by atoms with Gasteiger partial charge in [0.25, 0.3) is 0 Å². The normalized spacial score (nSPS) is 12.5. The molecule has 6 heteroatoms. The second-order valence-corrected chi connectivity index (χ2v) is 5.50. The molecule has 0 aromatic heterocycles. The van der Waals surface area contributed by atoms with Crippen molar-refractivity contribution < 1.29 is 13.9 Å². The Labute approximate surface area is 126 Å². The number of benzene rings is 2. The maximum atomic E-state index is 13.8. The van der Waals surface area contributed by atoms with E-state index in [0.717, 1.165) is 6.07 Å². The highest BCUT2D eigenvalue weighted by atomic mass is 79.9. The van der Waals surface area contributed by atoms with Gasteiger partial charge in [-0.25, -0.2) is 8.78 Å². The first kappa shape index (κ1) is 14.7. The molecule has 0 radical (unpaired) electrons. The van der Waals surface area contributed by atoms with Gasteiger partial charge in [0.05, 0.1) is 10.0 Å². The van der Waals surface area contributed by atoms with Gasteiger partial charge in [0.15, 0.2) is 0 Å². The Morgan fingerprint density at radius 3 is 2.42 bits per heavy atom. The Balaban J connectivity index is 2.53. The SMILES string of the molecule is OC(c1cc(Cl)c(Br)cc1F)c1cccc(Cl)c1F. The smallest absolute Gasteiger partial charge is 0.147 e. The highest BCUT2D eigenvalue weighted by Crippen LogP contribution is 2.33. The minimum absolute atomic E-state index is 0.107. The van der Waals surface area contributed by atoms with E-state index in [2.05, 4.69) is 15.9 Å². The summed E-state index contributed by atoms with van der Waals surface area (Å²) >= 11 is 14.5. The average molecular weight is 368 g/mol. The number of halogens is 5. The molecule has 0 spiro atoms. The fraction of sp³-hybridized carbons (Fsp3) is 0.0769. The van der Waals surface area contributed by atoms with Crippen LogP contribution in [-0.2, 0) is 0 Å². The molecule has 1 atom stereocenters. The quantitative estimate of drug-likeness (QED) is 0.730. The summed E-state index contributed by atoms with van der Waals surface area (Å²) < 4.78 is 27.9. The van der Waals surface area contributed by atoms with E-state index in [9.17, 15) is 13.9 Å². The van der Waals surface area contributed by atoms with Crippen molar-refractivity contribution >= 4 is 39.1 Å². The number of aliphatic hydroxyl groups is 1. The molecule has 0 amide bonds. The van der Waals surface area contributed by atoms with Crippen LogP contribution in [0.3, 0.4) is 0 Å². The van der Waals surface area contributed by atoms with Crippen molar-refractivity contribution in [3.8, 4) is 0 Å². The molecule has 1 unspecified atom stereocenters. The van der Waals surface area contributed by atoms with Crippen LogP contribution in [0, 0.1) is 11.6 Å². The van der Waals surface area contributed by atoms with Crippen molar-refractivity contribution in [2.75, 3.05) is 0 Å². The molecule has 0 heterocycles. The molecule has 2 aromatic rings. The Kier molecular flexibility index (Phi) is 4.46. The van der Waals surface area contributed by atoms with E-state index in [4.69, 9.17) is 23.2 Å². The molecule has 2 aromatic carbocycles. The monoisotopic (exact) mass is 366 g/mol. The Morgan fingerprint density at radius 1 is 1.05 bits per heavy atom. The maximum absolute atomic E-state index is 13.8. The molecule has 1 nitrogen and oxygen atoms in total. The summed E-state index contributed by atoms with van der Waals surface area (Å²) in [6.45, 7) is 0. The lowest BCUT2D eigenvalue weighted by atomic mass is 10.0. The lowest BCUT2D eigenvalue weighted by molar-refractivity contribution is 0.210. The third-order valence-electron chi connectivity index (χ3n) is 2.61. The summed E-state index contributed by atoms with van der Waals surface area (Å²) in [5.41, 5.74) is -0.223. The van der Waals surface area contributed by atoms with Crippen LogP contribution in [0.5, 0.6) is 0 Å². The van der Waals surface area contributed by atoms with Crippen molar-refractivity contribution in [2.24, 2.45) is 0 Å². The van der Waals surface area contributed by atoms with Crippen LogP contribution in [0.15, 0.2) is 34.8 Å². The van der Waals surface area contributed by atoms with Crippen LogP contribution in [0.1, 0.15) is 17.2 Å². The van der Waals surface area contributed by atoms with Crippen molar-refractivity contribution in [3.63, 3.8) is 0 Å². The van der Waals surface area contributed by atoms with E-state index in [0.29, 0.717) is 4.47 Å². The van der Waals surface area contributed by atoms with Crippen LogP contribution >= 0.6 is 39.1 Å². The minimum Gasteiger partial charge on any atom is -0.383 e. The predicted octanol–water partition coefficient (Wildman–Crippen LogP) is 5.12. The number of hydrogen-bond donors (Lipinski definition) is 1. The van der Waals surface area contributed by atoms with Gasteiger partial charge in [0.1, 0.15) is 17.7 Å². The van der Waals surface area contributed by atoms with Crippen LogP contribution in [-0.4, -0.2) is 5.11 Å². The Hall–Kier alpha value is -0.680. The summed E-state index contributed by atoms with van der Waals surface area (Å²) in [7, 11) is 0. The van der Waals surface area contributed by atoms with Gasteiger partial charge in [-0.2, -0.15) is 0 Å². The molecule has 0 aliphatic heterocycles. The molecule has 100 valence electrons. The molecular weight excluding hydrogens is 361 g/mol. The van der Waals surface area contributed by atoms with Gasteiger partial charge in [0.2, 0.25) is 0 Å². The summed E-state index contributed by atoms with van der Waals surface area (Å²) in [6.07, 6.45) is -1.48. The second-order valence-electron chi connectivity index (χ2n) is 3.83. The topological polar surface area (TPSA) is 20.2 Å². The Morgan fingerprint density at radius 2 is 1.74 bits per heavy atom. The third-order valence-corrected chi connectivity index (χ3v) is 4.10. The van der Waals surface area contributed by atoms with Crippen LogP contribution < -0.4 is 0 Å². The molecule has 2 rings (SSSR count). The van der Waals surface area contributed by atoms with Crippen molar-refractivity contribution in [2.45, 2.75) is 6.10 Å². The highest BCUT2D eigenvalue weighted by Gasteiger charge is 2.21. The van der Waals surface area contributed by atoms with Gasteiger partial charge < -0.3 is 5.11 Å². The molecule has 0 bridgehead atoms. The summed E-state index contributed by atoms with van der Waals surface area (Å²) in [4.78, 5) is 0. The average Bonchev–Trinajstić information content (AvgIpc) is 2.36. The van der Waals surface area contributed by atoms with Crippen molar-refractivity contribution in [1.29, 1.82) is 0 Å². The van der Waals surface area contributed by atoms with Crippen LogP contribution in [0.4, 0.5) is 8.78 Å². The second kappa shape index (κ2) is 5.75. The van der Waals surface area contributed by atoms with E-state index in [-0.39, 0.29) is 21.2 Å². The number of hydrogen-bond acceptors (Lipinski definition) is 1. The third kappa shape index (κ3) is 2.92. The molecule has 0 aliphatic rings. The van der Waals surface area contributed by atoms with E-state index in [1.807, 2.05) is 0 Å². The molecule has 0 aliphatic carbocycles. The molecule has 0 saturated heterocycles. The zero-order chi connectivity index (χ0) is 14.2. The van der Waals surface area contributed by atoms with Gasteiger partial charge in [-0.3, -0.25) is 0 Å². The maximum Gasteiger partial charge on any atom is 0.147 e. The zero-order valence-corrected chi connectivity index (χ0v) is 12.4. The van der Waals surface area contributed by atoms with Crippen LogP contribution in [0.25, 0.3) is 0 Å². The standard InChI is InChI=1S/C13H7BrCl2F2O/c14-8-5-11(17)7(4-10(8)16)13(19)6-2-1-3-9(15)12(6)18/h1-5,13,19H. The van der Waals surface area contributed by atoms with E-state index < -0.39 is 17.7 Å². The lowest BCUT2D eigenvalue weighted by Crippen LogP contribution is -2.05. The number of aliphatic hydroxyl groups excluding tert-OH is 1. The predicted molar refractivity (Wildman–Crippen MR) is 74.6 cm³/mol. The zero-order valence-electron chi connectivity index (χ0n) is 9.30. The summed E-state index contributed by atoms with van der Waals surface area (Å²) in [5.74, 6) is -1.47. The first-order valence-electron chi connectivity index (χ1n) is 5.18. The van der Waals surface area contributed by atoms with Gasteiger partial charge >= 0.3 is 0 Å². The molecule has 19 heavy (non-hydrogen) atoms. The Bertz CT molecular complexity index is 634. The fourth-order valence-corrected chi connectivity index (χ4v) is 2.32. The fourth-order valence-electron chi connectivity index (χ4n) is 1.65. The van der Waals surface area contributed by atoms with E-state index >= 15 is 0 Å². The van der Waals surface area contributed by atoms with Crippen molar-refractivity contribution in [1.82, 2.24) is 0 Å². The molecule has 1 N–H and O–H groups in total. The van der Waals surface area contributed by atoms with Gasteiger partial charge in [-0.1, -0.05) is 35.3 Å². The van der Waals surface area contributed by atoms with Crippen LogP contribution in [0.2, 0.25) is 10.0 Å². The van der Waals surface area contributed by atoms with Crippen molar-refractivity contribution in [3.05, 3.63) is 67.6 Å². The summed E-state index contributed by atoms with van der Waals surface area (Å²) in [5, 5.41) is 10.2. The minimum atomic E-state index is -1.48. The highest BCUT2D eigenvalue weighted by molar-refractivity contribution is 9.10. The molecule has 0 fully saturated rings. The summed E-state index contributed by atoms with van der Waals surface area (Å²) in [6, 6.07) is 6.51. The van der Waals surface area contributed by atoms with E-state index in [1.165, 1.54) is 24.3 Å². The molecule has 0 saturated carbocycles. The van der Waals surface area contributed by atoms with Gasteiger partial charge in [-0.05, 0) is 34.1 Å². The first-order chi connectivity index (χ1) is 8.91. The lowest BCUT2D eigenvalue weighted by Gasteiger charge is -2.14.